The fraction of sp³-hybridized carbons (Fsp3) is 0.214. The van der Waals surface area contributed by atoms with Crippen molar-refractivity contribution in [2.24, 2.45) is 0 Å². The van der Waals surface area contributed by atoms with Crippen molar-refractivity contribution in [3.63, 3.8) is 0 Å². The molecule has 0 saturated heterocycles. The number of rotatable bonds is 2. The zero-order chi connectivity index (χ0) is 11.5. The number of hydrogen-bond donors (Lipinski definition) is 0. The molecule has 0 amide bonds. The molecule has 0 unspecified atom stereocenters. The first-order chi connectivity index (χ1) is 7.70. The molecular weight excluding hydrogens is 201 g/mol. The van der Waals surface area contributed by atoms with Crippen molar-refractivity contribution in [3.05, 3.63) is 53.5 Å². The van der Waals surface area contributed by atoms with Crippen LogP contribution in [0.5, 0.6) is 0 Å². The largest absolute Gasteiger partial charge is 0.256 e. The molecule has 16 heavy (non-hydrogen) atoms. The van der Waals surface area contributed by atoms with Crippen molar-refractivity contribution < 1.29 is 4.39 Å². The Morgan fingerprint density at radius 1 is 1.19 bits per heavy atom. The van der Waals surface area contributed by atoms with Crippen LogP contribution in [0.25, 0.3) is 11.3 Å². The van der Waals surface area contributed by atoms with Crippen LogP contribution < -0.4 is 0 Å². The molecule has 82 valence electrons. The molecule has 0 N–H and O–H groups in total. The van der Waals surface area contributed by atoms with E-state index in [-0.39, 0.29) is 5.82 Å². The standard InChI is InChI=1S/C14H14FN/c1-3-11-5-6-12(13(15)8-11)14-7-4-10(2)9-16-14/h4-9H,3H2,1-2H3. The van der Waals surface area contributed by atoms with Gasteiger partial charge >= 0.3 is 0 Å². The molecule has 0 radical (unpaired) electrons. The number of aryl methyl sites for hydroxylation is 2. The maximum absolute atomic E-state index is 13.8. The minimum Gasteiger partial charge on any atom is -0.256 e. The molecule has 0 bridgehead atoms. The maximum Gasteiger partial charge on any atom is 0.132 e. The monoisotopic (exact) mass is 215 g/mol. The van der Waals surface area contributed by atoms with Crippen LogP contribution in [0.3, 0.4) is 0 Å². The third-order valence-corrected chi connectivity index (χ3v) is 2.63. The topological polar surface area (TPSA) is 12.9 Å². The van der Waals surface area contributed by atoms with E-state index in [0.717, 1.165) is 17.5 Å². The number of hydrogen-bond acceptors (Lipinski definition) is 1. The van der Waals surface area contributed by atoms with Crippen LogP contribution in [0.1, 0.15) is 18.1 Å². The van der Waals surface area contributed by atoms with Gasteiger partial charge in [-0.1, -0.05) is 19.1 Å². The van der Waals surface area contributed by atoms with Gasteiger partial charge in [-0.3, -0.25) is 4.98 Å². The molecule has 2 aromatic rings. The Bertz CT molecular complexity index is 489. The van der Waals surface area contributed by atoms with Gasteiger partial charge in [-0.2, -0.15) is 0 Å². The van der Waals surface area contributed by atoms with Crippen molar-refractivity contribution >= 4 is 0 Å². The molecule has 0 atom stereocenters. The van der Waals surface area contributed by atoms with E-state index in [0.29, 0.717) is 11.3 Å². The van der Waals surface area contributed by atoms with Gasteiger partial charge in [0.15, 0.2) is 0 Å². The van der Waals surface area contributed by atoms with Gasteiger partial charge in [0.1, 0.15) is 5.82 Å². The van der Waals surface area contributed by atoms with Crippen molar-refractivity contribution in [1.82, 2.24) is 4.98 Å². The predicted octanol–water partition coefficient (Wildman–Crippen LogP) is 3.76. The van der Waals surface area contributed by atoms with Crippen LogP contribution in [0.15, 0.2) is 36.5 Å². The third-order valence-electron chi connectivity index (χ3n) is 2.63. The number of halogens is 1. The van der Waals surface area contributed by atoms with Gasteiger partial charge in [0.2, 0.25) is 0 Å². The fourth-order valence-electron chi connectivity index (χ4n) is 1.61. The highest BCUT2D eigenvalue weighted by Gasteiger charge is 2.06. The second-order valence-corrected chi connectivity index (χ2v) is 3.89. The van der Waals surface area contributed by atoms with E-state index in [1.54, 1.807) is 18.3 Å². The first-order valence-corrected chi connectivity index (χ1v) is 5.42. The van der Waals surface area contributed by atoms with E-state index in [1.807, 2.05) is 32.0 Å². The number of aromatic nitrogens is 1. The van der Waals surface area contributed by atoms with E-state index in [2.05, 4.69) is 4.98 Å². The summed E-state index contributed by atoms with van der Waals surface area (Å²) >= 11 is 0. The molecule has 1 heterocycles. The van der Waals surface area contributed by atoms with Crippen molar-refractivity contribution in [3.8, 4) is 11.3 Å². The van der Waals surface area contributed by atoms with E-state index in [9.17, 15) is 4.39 Å². The molecule has 0 aliphatic carbocycles. The highest BCUT2D eigenvalue weighted by Crippen LogP contribution is 2.22. The van der Waals surface area contributed by atoms with Gasteiger partial charge in [0.05, 0.1) is 5.69 Å². The SMILES string of the molecule is CCc1ccc(-c2ccc(C)cn2)c(F)c1. The van der Waals surface area contributed by atoms with Crippen LogP contribution >= 0.6 is 0 Å². The average Bonchev–Trinajstić information content (AvgIpc) is 2.30. The summed E-state index contributed by atoms with van der Waals surface area (Å²) in [6, 6.07) is 9.11. The predicted molar refractivity (Wildman–Crippen MR) is 63.7 cm³/mol. The molecule has 0 aliphatic rings. The summed E-state index contributed by atoms with van der Waals surface area (Å²) in [6.07, 6.45) is 2.60. The molecule has 1 nitrogen and oxygen atoms in total. The Morgan fingerprint density at radius 2 is 2.00 bits per heavy atom. The van der Waals surface area contributed by atoms with E-state index in [4.69, 9.17) is 0 Å². The quantitative estimate of drug-likeness (QED) is 0.743. The summed E-state index contributed by atoms with van der Waals surface area (Å²) in [7, 11) is 0. The Kier molecular flexibility index (Phi) is 3.00. The normalized spacial score (nSPS) is 10.4. The Morgan fingerprint density at radius 3 is 2.56 bits per heavy atom. The number of benzene rings is 1. The zero-order valence-corrected chi connectivity index (χ0v) is 9.50. The van der Waals surface area contributed by atoms with Crippen LogP contribution in [0.4, 0.5) is 4.39 Å². The van der Waals surface area contributed by atoms with Crippen molar-refractivity contribution in [1.29, 1.82) is 0 Å². The number of nitrogens with zero attached hydrogens (tertiary/aromatic N) is 1. The van der Waals surface area contributed by atoms with Gasteiger partial charge in [0, 0.05) is 11.8 Å². The van der Waals surface area contributed by atoms with Crippen LogP contribution in [-0.4, -0.2) is 4.98 Å². The maximum atomic E-state index is 13.8. The Labute approximate surface area is 95.0 Å². The lowest BCUT2D eigenvalue weighted by atomic mass is 10.1. The van der Waals surface area contributed by atoms with Gasteiger partial charge in [-0.05, 0) is 42.7 Å². The molecule has 0 saturated carbocycles. The molecule has 2 heteroatoms. The third kappa shape index (κ3) is 2.11. The minimum absolute atomic E-state index is 0.198. The number of pyridine rings is 1. The Hall–Kier alpha value is -1.70. The van der Waals surface area contributed by atoms with E-state index < -0.39 is 0 Å². The molecule has 2 rings (SSSR count). The van der Waals surface area contributed by atoms with Crippen molar-refractivity contribution in [2.45, 2.75) is 20.3 Å². The van der Waals surface area contributed by atoms with Crippen LogP contribution in [0.2, 0.25) is 0 Å². The molecule has 1 aromatic heterocycles. The summed E-state index contributed by atoms with van der Waals surface area (Å²) < 4.78 is 13.8. The van der Waals surface area contributed by atoms with Crippen molar-refractivity contribution in [2.75, 3.05) is 0 Å². The smallest absolute Gasteiger partial charge is 0.132 e. The summed E-state index contributed by atoms with van der Waals surface area (Å²) in [5, 5.41) is 0. The van der Waals surface area contributed by atoms with E-state index in [1.165, 1.54) is 0 Å². The molecular formula is C14H14FN. The first kappa shape index (κ1) is 10.8. The lowest BCUT2D eigenvalue weighted by Crippen LogP contribution is -1.90. The molecule has 0 aliphatic heterocycles. The van der Waals surface area contributed by atoms with E-state index >= 15 is 0 Å². The van der Waals surface area contributed by atoms with Gasteiger partial charge in [-0.15, -0.1) is 0 Å². The molecule has 1 aromatic carbocycles. The van der Waals surface area contributed by atoms with Crippen LogP contribution in [-0.2, 0) is 6.42 Å². The fourth-order valence-corrected chi connectivity index (χ4v) is 1.61. The summed E-state index contributed by atoms with van der Waals surface area (Å²) in [4.78, 5) is 4.22. The minimum atomic E-state index is -0.198. The molecule has 0 fully saturated rings. The zero-order valence-electron chi connectivity index (χ0n) is 9.50. The van der Waals surface area contributed by atoms with Gasteiger partial charge in [-0.25, -0.2) is 4.39 Å². The second-order valence-electron chi connectivity index (χ2n) is 3.89. The average molecular weight is 215 g/mol. The summed E-state index contributed by atoms with van der Waals surface area (Å²) in [5.41, 5.74) is 3.34. The molecule has 0 spiro atoms. The van der Waals surface area contributed by atoms with Gasteiger partial charge < -0.3 is 0 Å². The summed E-state index contributed by atoms with van der Waals surface area (Å²) in [5.74, 6) is -0.198. The summed E-state index contributed by atoms with van der Waals surface area (Å²) in [6.45, 7) is 3.98. The lowest BCUT2D eigenvalue weighted by molar-refractivity contribution is 0.628. The second kappa shape index (κ2) is 4.44. The first-order valence-electron chi connectivity index (χ1n) is 5.42. The lowest BCUT2D eigenvalue weighted by Gasteiger charge is -2.04. The highest BCUT2D eigenvalue weighted by molar-refractivity contribution is 5.60. The highest BCUT2D eigenvalue weighted by atomic mass is 19.1. The van der Waals surface area contributed by atoms with Gasteiger partial charge in [0.25, 0.3) is 0 Å². The Balaban J connectivity index is 2.44. The van der Waals surface area contributed by atoms with Crippen LogP contribution in [0, 0.1) is 12.7 Å².